The van der Waals surface area contributed by atoms with Crippen molar-refractivity contribution < 1.29 is 9.59 Å². The first-order valence-electron chi connectivity index (χ1n) is 6.36. The van der Waals surface area contributed by atoms with Gasteiger partial charge in [-0.05, 0) is 25.0 Å². The smallest absolute Gasteiger partial charge is 0.255 e. The number of likely N-dealkylation sites (tertiary alicyclic amines) is 1. The molecule has 0 bridgehead atoms. The first kappa shape index (κ1) is 15.1. The number of rotatable bonds is 3. The first-order valence-corrected chi connectivity index (χ1v) is 7.23. The van der Waals surface area contributed by atoms with Crippen LogP contribution in [0.15, 0.2) is 24.5 Å². The van der Waals surface area contributed by atoms with Crippen LogP contribution in [-0.4, -0.2) is 45.7 Å². The van der Waals surface area contributed by atoms with E-state index in [4.69, 9.17) is 23.2 Å². The van der Waals surface area contributed by atoms with Gasteiger partial charge in [0, 0.05) is 31.5 Å². The third-order valence-electron chi connectivity index (χ3n) is 3.25. The molecule has 1 N–H and O–H groups in total. The molecular weight excluding hydrogens is 301 g/mol. The van der Waals surface area contributed by atoms with Gasteiger partial charge in [0.05, 0.1) is 5.56 Å². The van der Waals surface area contributed by atoms with E-state index in [-0.39, 0.29) is 17.9 Å². The number of hydrogen-bond acceptors (Lipinski definition) is 3. The highest BCUT2D eigenvalue weighted by atomic mass is 35.5. The molecule has 2 amide bonds. The molecule has 0 spiro atoms. The number of carbonyl (C=O) groups is 2. The average Bonchev–Trinajstić information content (AvgIpc) is 2.48. The summed E-state index contributed by atoms with van der Waals surface area (Å²) in [5.74, 6) is -0.416. The Labute approximate surface area is 127 Å². The van der Waals surface area contributed by atoms with Crippen molar-refractivity contribution in [3.63, 3.8) is 0 Å². The van der Waals surface area contributed by atoms with E-state index in [9.17, 15) is 9.59 Å². The van der Waals surface area contributed by atoms with E-state index >= 15 is 0 Å². The fourth-order valence-electron chi connectivity index (χ4n) is 2.15. The largest absolute Gasteiger partial charge is 0.349 e. The quantitative estimate of drug-likeness (QED) is 0.862. The highest BCUT2D eigenvalue weighted by Crippen LogP contribution is 2.15. The molecule has 0 atom stereocenters. The van der Waals surface area contributed by atoms with Gasteiger partial charge in [0.2, 0.25) is 0 Å². The number of piperidine rings is 1. The molecule has 108 valence electrons. The number of nitrogens with one attached hydrogen (secondary N) is 1. The van der Waals surface area contributed by atoms with E-state index < -0.39 is 4.84 Å². The van der Waals surface area contributed by atoms with Gasteiger partial charge in [0.1, 0.15) is 0 Å². The summed E-state index contributed by atoms with van der Waals surface area (Å²) in [6.45, 7) is 1.10. The molecule has 1 saturated heterocycles. The Balaban J connectivity index is 1.83. The second-order valence-corrected chi connectivity index (χ2v) is 5.71. The molecule has 2 heterocycles. The van der Waals surface area contributed by atoms with Crippen LogP contribution in [0.25, 0.3) is 0 Å². The van der Waals surface area contributed by atoms with Gasteiger partial charge in [0.15, 0.2) is 4.84 Å². The Morgan fingerprint density at radius 2 is 2.05 bits per heavy atom. The lowest BCUT2D eigenvalue weighted by Crippen LogP contribution is -2.47. The third kappa shape index (κ3) is 3.84. The Hall–Kier alpha value is -1.33. The van der Waals surface area contributed by atoms with Crippen LogP contribution in [0.3, 0.4) is 0 Å². The van der Waals surface area contributed by atoms with Crippen molar-refractivity contribution in [1.82, 2.24) is 15.2 Å². The summed E-state index contributed by atoms with van der Waals surface area (Å²) in [6, 6.07) is 3.49. The Kier molecular flexibility index (Phi) is 5.20. The molecular formula is C13H15Cl2N3O2. The first-order chi connectivity index (χ1) is 9.58. The number of hydrogen-bond donors (Lipinski definition) is 1. The maximum absolute atomic E-state index is 12.0. The second kappa shape index (κ2) is 6.90. The minimum Gasteiger partial charge on any atom is -0.349 e. The van der Waals surface area contributed by atoms with Gasteiger partial charge >= 0.3 is 0 Å². The second-order valence-electron chi connectivity index (χ2n) is 4.62. The van der Waals surface area contributed by atoms with E-state index in [1.54, 1.807) is 23.2 Å². The molecule has 1 aliphatic rings. The van der Waals surface area contributed by atoms with E-state index in [2.05, 4.69) is 10.3 Å². The summed E-state index contributed by atoms with van der Waals surface area (Å²) < 4.78 is 0. The SMILES string of the molecule is O=C(NC1CCN(C(=O)C(Cl)Cl)CC1)c1cccnc1. The van der Waals surface area contributed by atoms with E-state index in [0.717, 1.165) is 0 Å². The van der Waals surface area contributed by atoms with Gasteiger partial charge in [-0.25, -0.2) is 0 Å². The summed E-state index contributed by atoms with van der Waals surface area (Å²) in [5, 5.41) is 2.94. The zero-order chi connectivity index (χ0) is 14.5. The van der Waals surface area contributed by atoms with Crippen molar-refractivity contribution in [3.05, 3.63) is 30.1 Å². The monoisotopic (exact) mass is 315 g/mol. The van der Waals surface area contributed by atoms with Crippen molar-refractivity contribution in [2.24, 2.45) is 0 Å². The summed E-state index contributed by atoms with van der Waals surface area (Å²) >= 11 is 11.1. The molecule has 1 aromatic heterocycles. The number of halogens is 2. The topological polar surface area (TPSA) is 62.3 Å². The molecule has 0 aromatic carbocycles. The summed E-state index contributed by atoms with van der Waals surface area (Å²) in [7, 11) is 0. The zero-order valence-electron chi connectivity index (χ0n) is 10.8. The van der Waals surface area contributed by atoms with Crippen LogP contribution in [0.2, 0.25) is 0 Å². The number of nitrogens with zero attached hydrogens (tertiary/aromatic N) is 2. The lowest BCUT2D eigenvalue weighted by atomic mass is 10.0. The van der Waals surface area contributed by atoms with Gasteiger partial charge in [-0.3, -0.25) is 14.6 Å². The third-order valence-corrected chi connectivity index (χ3v) is 3.63. The predicted molar refractivity (Wildman–Crippen MR) is 76.8 cm³/mol. The van der Waals surface area contributed by atoms with E-state index in [1.165, 1.54) is 6.20 Å². The van der Waals surface area contributed by atoms with Crippen LogP contribution >= 0.6 is 23.2 Å². The minimum absolute atomic E-state index is 0.0517. The normalized spacial score (nSPS) is 16.2. The molecule has 0 aliphatic carbocycles. The van der Waals surface area contributed by atoms with Crippen molar-refractivity contribution in [1.29, 1.82) is 0 Å². The van der Waals surface area contributed by atoms with Crippen molar-refractivity contribution in [3.8, 4) is 0 Å². The molecule has 7 heteroatoms. The van der Waals surface area contributed by atoms with Gasteiger partial charge < -0.3 is 10.2 Å². The minimum atomic E-state index is -1.02. The Morgan fingerprint density at radius 3 is 2.60 bits per heavy atom. The molecule has 2 rings (SSSR count). The molecule has 1 fully saturated rings. The molecule has 1 aromatic rings. The number of alkyl halides is 2. The average molecular weight is 316 g/mol. The molecule has 0 radical (unpaired) electrons. The lowest BCUT2D eigenvalue weighted by Gasteiger charge is -2.32. The molecule has 0 saturated carbocycles. The van der Waals surface area contributed by atoms with Gasteiger partial charge in [-0.2, -0.15) is 0 Å². The van der Waals surface area contributed by atoms with Gasteiger partial charge in [-0.15, -0.1) is 0 Å². The van der Waals surface area contributed by atoms with Crippen molar-refractivity contribution in [2.75, 3.05) is 13.1 Å². The molecule has 5 nitrogen and oxygen atoms in total. The fourth-order valence-corrected chi connectivity index (χ4v) is 2.42. The van der Waals surface area contributed by atoms with E-state index in [1.807, 2.05) is 0 Å². The number of pyridine rings is 1. The van der Waals surface area contributed by atoms with Crippen LogP contribution in [0.1, 0.15) is 23.2 Å². The van der Waals surface area contributed by atoms with Crippen molar-refractivity contribution in [2.45, 2.75) is 23.7 Å². The fraction of sp³-hybridized carbons (Fsp3) is 0.462. The van der Waals surface area contributed by atoms with Crippen LogP contribution < -0.4 is 5.32 Å². The highest BCUT2D eigenvalue weighted by Gasteiger charge is 2.26. The Morgan fingerprint density at radius 1 is 1.35 bits per heavy atom. The van der Waals surface area contributed by atoms with Gasteiger partial charge in [0.25, 0.3) is 11.8 Å². The Bertz CT molecular complexity index is 474. The van der Waals surface area contributed by atoms with Crippen LogP contribution in [0, 0.1) is 0 Å². The predicted octanol–water partition coefficient (Wildman–Crippen LogP) is 1.61. The lowest BCUT2D eigenvalue weighted by molar-refractivity contribution is -0.130. The van der Waals surface area contributed by atoms with E-state index in [0.29, 0.717) is 31.5 Å². The number of aromatic nitrogens is 1. The summed E-state index contributed by atoms with van der Waals surface area (Å²) in [4.78, 5) is 28.1. The summed E-state index contributed by atoms with van der Waals surface area (Å²) in [6.07, 6.45) is 4.53. The highest BCUT2D eigenvalue weighted by molar-refractivity contribution is 6.53. The maximum Gasteiger partial charge on any atom is 0.255 e. The maximum atomic E-state index is 12.0. The van der Waals surface area contributed by atoms with Crippen molar-refractivity contribution >= 4 is 35.0 Å². The zero-order valence-corrected chi connectivity index (χ0v) is 12.3. The molecule has 0 unspecified atom stereocenters. The van der Waals surface area contributed by atoms with Crippen LogP contribution in [0.5, 0.6) is 0 Å². The van der Waals surface area contributed by atoms with Crippen LogP contribution in [-0.2, 0) is 4.79 Å². The number of amides is 2. The molecule has 1 aliphatic heterocycles. The van der Waals surface area contributed by atoms with Gasteiger partial charge in [-0.1, -0.05) is 23.2 Å². The summed E-state index contributed by atoms with van der Waals surface area (Å²) in [5.41, 5.74) is 0.535. The number of carbonyl (C=O) groups excluding carboxylic acids is 2. The standard InChI is InChI=1S/C13H15Cl2N3O2/c14-11(15)13(20)18-6-3-10(4-7-18)17-12(19)9-2-1-5-16-8-9/h1-2,5,8,10-11H,3-4,6-7H2,(H,17,19). The van der Waals surface area contributed by atoms with Crippen LogP contribution in [0.4, 0.5) is 0 Å². The molecule has 20 heavy (non-hydrogen) atoms.